The van der Waals surface area contributed by atoms with E-state index in [0.29, 0.717) is 15.6 Å². The van der Waals surface area contributed by atoms with Crippen LogP contribution >= 0.6 is 23.4 Å². The second kappa shape index (κ2) is 7.64. The molecule has 0 aliphatic carbocycles. The standard InChI is InChI=1S/C24H23ClN2O2S/c1-5-26-20-13-19(25)16(11-18(20)15(2)14-24(26,3)4)12-21-22(28)27(23(29)30-21)17-9-7-6-8-10-17/h6-14H,5H2,1-4H3/b21-12+. The Labute approximate surface area is 186 Å². The fourth-order valence-electron chi connectivity index (χ4n) is 4.21. The molecule has 0 saturated carbocycles. The zero-order valence-electron chi connectivity index (χ0n) is 17.4. The van der Waals surface area contributed by atoms with Gasteiger partial charge in [-0.3, -0.25) is 9.59 Å². The maximum absolute atomic E-state index is 12.9. The molecule has 2 aromatic carbocycles. The van der Waals surface area contributed by atoms with Crippen molar-refractivity contribution >= 4 is 57.5 Å². The van der Waals surface area contributed by atoms with Crippen molar-refractivity contribution < 1.29 is 9.59 Å². The molecule has 2 heterocycles. The largest absolute Gasteiger partial charge is 0.363 e. The van der Waals surface area contributed by atoms with Crippen LogP contribution in [0.1, 0.15) is 38.8 Å². The molecule has 6 heteroatoms. The summed E-state index contributed by atoms with van der Waals surface area (Å²) in [6.07, 6.45) is 3.97. The minimum atomic E-state index is -0.325. The molecule has 0 unspecified atom stereocenters. The molecule has 0 atom stereocenters. The van der Waals surface area contributed by atoms with E-state index in [1.807, 2.05) is 18.2 Å². The van der Waals surface area contributed by atoms with Gasteiger partial charge in [-0.25, -0.2) is 4.90 Å². The average Bonchev–Trinajstić information content (AvgIpc) is 2.96. The topological polar surface area (TPSA) is 40.6 Å². The van der Waals surface area contributed by atoms with Crippen LogP contribution in [-0.2, 0) is 4.79 Å². The number of hydrogen-bond donors (Lipinski definition) is 0. The number of para-hydroxylation sites is 1. The molecule has 0 radical (unpaired) electrons. The molecular formula is C24H23ClN2O2S. The number of halogens is 1. The summed E-state index contributed by atoms with van der Waals surface area (Å²) < 4.78 is 0. The molecule has 1 fully saturated rings. The first-order valence-electron chi connectivity index (χ1n) is 9.87. The number of likely N-dealkylation sites (N-methyl/N-ethyl adjacent to an activating group) is 1. The van der Waals surface area contributed by atoms with Crippen LogP contribution in [-0.4, -0.2) is 23.2 Å². The lowest BCUT2D eigenvalue weighted by Crippen LogP contribution is -2.44. The Balaban J connectivity index is 1.75. The molecule has 154 valence electrons. The van der Waals surface area contributed by atoms with Crippen LogP contribution in [0.2, 0.25) is 5.02 Å². The van der Waals surface area contributed by atoms with Gasteiger partial charge in [0.2, 0.25) is 0 Å². The normalized spacial score (nSPS) is 19.4. The molecule has 2 aliphatic rings. The number of allylic oxidation sites excluding steroid dienone is 1. The van der Waals surface area contributed by atoms with E-state index in [1.54, 1.807) is 30.3 Å². The van der Waals surface area contributed by atoms with Crippen molar-refractivity contribution in [3.63, 3.8) is 0 Å². The van der Waals surface area contributed by atoms with E-state index in [1.165, 1.54) is 10.5 Å². The summed E-state index contributed by atoms with van der Waals surface area (Å²) in [6.45, 7) is 9.44. The lowest BCUT2D eigenvalue weighted by Gasteiger charge is -2.43. The number of amides is 2. The number of carbonyl (C=O) groups excluding carboxylic acids is 2. The number of carbonyl (C=O) groups is 2. The summed E-state index contributed by atoms with van der Waals surface area (Å²) in [5, 5.41) is 0.255. The Hall–Kier alpha value is -2.50. The first-order chi connectivity index (χ1) is 14.2. The van der Waals surface area contributed by atoms with E-state index in [-0.39, 0.29) is 16.7 Å². The third-order valence-electron chi connectivity index (χ3n) is 5.51. The van der Waals surface area contributed by atoms with Gasteiger partial charge in [-0.2, -0.15) is 0 Å². The van der Waals surface area contributed by atoms with Gasteiger partial charge in [0.05, 0.1) is 16.1 Å². The van der Waals surface area contributed by atoms with Gasteiger partial charge in [0, 0.05) is 22.8 Å². The van der Waals surface area contributed by atoms with E-state index in [0.717, 1.165) is 35.1 Å². The average molecular weight is 439 g/mol. The molecule has 2 aromatic rings. The van der Waals surface area contributed by atoms with Gasteiger partial charge in [0.1, 0.15) is 0 Å². The number of anilines is 2. The van der Waals surface area contributed by atoms with E-state index in [9.17, 15) is 9.59 Å². The van der Waals surface area contributed by atoms with E-state index in [4.69, 9.17) is 11.6 Å². The number of rotatable bonds is 3. The first kappa shape index (κ1) is 20.8. The summed E-state index contributed by atoms with van der Waals surface area (Å²) in [7, 11) is 0. The minimum absolute atomic E-state index is 0.102. The molecule has 0 N–H and O–H groups in total. The van der Waals surface area contributed by atoms with Crippen LogP contribution in [0.5, 0.6) is 0 Å². The van der Waals surface area contributed by atoms with E-state index in [2.05, 4.69) is 38.7 Å². The highest BCUT2D eigenvalue weighted by atomic mass is 35.5. The van der Waals surface area contributed by atoms with Gasteiger partial charge in [0.25, 0.3) is 11.1 Å². The Morgan fingerprint density at radius 3 is 2.50 bits per heavy atom. The number of thioether (sulfide) groups is 1. The Kier molecular flexibility index (Phi) is 5.28. The third-order valence-corrected chi connectivity index (χ3v) is 6.70. The van der Waals surface area contributed by atoms with Crippen LogP contribution in [0.4, 0.5) is 16.2 Å². The van der Waals surface area contributed by atoms with Crippen molar-refractivity contribution in [1.82, 2.24) is 0 Å². The van der Waals surface area contributed by atoms with Gasteiger partial charge in [-0.1, -0.05) is 35.9 Å². The molecule has 0 spiro atoms. The number of imide groups is 1. The number of fused-ring (bicyclic) bond motifs is 1. The second-order valence-corrected chi connectivity index (χ2v) is 9.37. The molecule has 1 saturated heterocycles. The van der Waals surface area contributed by atoms with Gasteiger partial charge in [-0.05, 0) is 80.9 Å². The zero-order valence-corrected chi connectivity index (χ0v) is 19.0. The molecular weight excluding hydrogens is 416 g/mol. The van der Waals surface area contributed by atoms with Crippen LogP contribution in [0.25, 0.3) is 11.6 Å². The zero-order chi connectivity index (χ0) is 21.6. The van der Waals surface area contributed by atoms with Crippen molar-refractivity contribution in [2.24, 2.45) is 0 Å². The predicted molar refractivity (Wildman–Crippen MR) is 127 cm³/mol. The highest BCUT2D eigenvalue weighted by Gasteiger charge is 2.36. The van der Waals surface area contributed by atoms with Crippen molar-refractivity contribution in [2.45, 2.75) is 33.2 Å². The summed E-state index contributed by atoms with van der Waals surface area (Å²) in [6, 6.07) is 12.9. The fraction of sp³-hybridized carbons (Fsp3) is 0.250. The van der Waals surface area contributed by atoms with Crippen molar-refractivity contribution in [2.75, 3.05) is 16.3 Å². The highest BCUT2D eigenvalue weighted by Crippen LogP contribution is 2.43. The quantitative estimate of drug-likeness (QED) is 0.506. The third kappa shape index (κ3) is 3.46. The van der Waals surface area contributed by atoms with Crippen molar-refractivity contribution in [3.8, 4) is 0 Å². The highest BCUT2D eigenvalue weighted by molar-refractivity contribution is 8.19. The monoisotopic (exact) mass is 438 g/mol. The van der Waals surface area contributed by atoms with Crippen LogP contribution < -0.4 is 9.80 Å². The first-order valence-corrected chi connectivity index (χ1v) is 11.1. The van der Waals surface area contributed by atoms with E-state index < -0.39 is 0 Å². The molecule has 30 heavy (non-hydrogen) atoms. The lowest BCUT2D eigenvalue weighted by atomic mass is 9.88. The summed E-state index contributed by atoms with van der Waals surface area (Å²) >= 11 is 7.57. The number of benzene rings is 2. The molecule has 4 nitrogen and oxygen atoms in total. The Morgan fingerprint density at radius 1 is 1.13 bits per heavy atom. The number of hydrogen-bond acceptors (Lipinski definition) is 4. The second-order valence-electron chi connectivity index (χ2n) is 7.97. The maximum Gasteiger partial charge on any atom is 0.298 e. The van der Waals surface area contributed by atoms with Gasteiger partial charge in [0.15, 0.2) is 0 Å². The van der Waals surface area contributed by atoms with Crippen molar-refractivity contribution in [1.29, 1.82) is 0 Å². The Morgan fingerprint density at radius 2 is 1.83 bits per heavy atom. The van der Waals surface area contributed by atoms with Crippen LogP contribution in [0.3, 0.4) is 0 Å². The van der Waals surface area contributed by atoms with E-state index >= 15 is 0 Å². The molecule has 4 rings (SSSR count). The van der Waals surface area contributed by atoms with Gasteiger partial charge < -0.3 is 4.90 Å². The predicted octanol–water partition coefficient (Wildman–Crippen LogP) is 6.60. The van der Waals surface area contributed by atoms with Gasteiger partial charge >= 0.3 is 0 Å². The van der Waals surface area contributed by atoms with Crippen molar-refractivity contribution in [3.05, 3.63) is 69.6 Å². The fourth-order valence-corrected chi connectivity index (χ4v) is 5.26. The maximum atomic E-state index is 12.9. The molecule has 0 aromatic heterocycles. The lowest BCUT2D eigenvalue weighted by molar-refractivity contribution is -0.113. The SMILES string of the molecule is CCN1c2cc(Cl)c(/C=C3/SC(=O)N(c4ccccc4)C3=O)cc2C(C)=CC1(C)C. The number of nitrogens with zero attached hydrogens (tertiary/aromatic N) is 2. The minimum Gasteiger partial charge on any atom is -0.363 e. The summed E-state index contributed by atoms with van der Waals surface area (Å²) in [5.74, 6) is -0.325. The summed E-state index contributed by atoms with van der Waals surface area (Å²) in [5.41, 5.74) is 4.55. The molecule has 2 aliphatic heterocycles. The molecule has 0 bridgehead atoms. The smallest absolute Gasteiger partial charge is 0.298 e. The van der Waals surface area contributed by atoms with Crippen LogP contribution in [0, 0.1) is 0 Å². The Bertz CT molecular complexity index is 1110. The molecule has 2 amide bonds. The van der Waals surface area contributed by atoms with Gasteiger partial charge in [-0.15, -0.1) is 0 Å². The van der Waals surface area contributed by atoms with Crippen LogP contribution in [0.15, 0.2) is 53.4 Å². The summed E-state index contributed by atoms with van der Waals surface area (Å²) in [4.78, 5) is 29.3.